The van der Waals surface area contributed by atoms with E-state index in [1.54, 1.807) is 0 Å². The van der Waals surface area contributed by atoms with Crippen LogP contribution in [0.4, 0.5) is 0 Å². The lowest BCUT2D eigenvalue weighted by Crippen LogP contribution is -2.48. The van der Waals surface area contributed by atoms with E-state index in [1.165, 1.54) is 13.8 Å². The summed E-state index contributed by atoms with van der Waals surface area (Å²) in [6.07, 6.45) is -97.4. The molecule has 138 heavy (non-hydrogen) atoms. The zero-order valence-corrected chi connectivity index (χ0v) is 75.0. The molecule has 0 amide bonds. The Morgan fingerprint density at radius 2 is 0.471 bits per heavy atom. The summed E-state index contributed by atoms with van der Waals surface area (Å²) in [7, 11) is -6.39. The minimum atomic E-state index is -4.70. The second kappa shape index (κ2) is 49.1. The maximum atomic E-state index is 11.5. The Bertz CT molecular complexity index is 10700. The number of ether oxygens (including phenoxy) is 12. The molecule has 0 spiro atoms. The van der Waals surface area contributed by atoms with Gasteiger partial charge in [-0.2, -0.15) is 0 Å². The van der Waals surface area contributed by atoms with Gasteiger partial charge in [0.15, 0.2) is 69.0 Å². The molecule has 768 valence electrons. The molecule has 0 saturated carbocycles. The number of nitrogens with zero attached hydrogens (tertiary/aromatic N) is 6. The van der Waals surface area contributed by atoms with Crippen LogP contribution in [0.3, 0.4) is 0 Å². The zero-order valence-electron chi connectivity index (χ0n) is 196. The van der Waals surface area contributed by atoms with Gasteiger partial charge in [0.05, 0.1) is 171 Å². The molecule has 23 unspecified atom stereocenters. The Balaban J connectivity index is 0.000000243. The zero-order chi connectivity index (χ0) is 206. The Morgan fingerprint density at radius 3 is 0.652 bits per heavy atom. The molecule has 6 aromatic rings. The summed E-state index contributed by atoms with van der Waals surface area (Å²) >= 11 is 0. The highest BCUT2D eigenvalue weighted by molar-refractivity contribution is 5.55. The molecule has 23 atom stereocenters. The molecule has 0 aromatic heterocycles. The van der Waals surface area contributed by atoms with Crippen molar-refractivity contribution < 1.29 is 252 Å². The SMILES string of the molecule is [2H]OC1([2H])C([2H])([2H])C2([2H])c3c([2H])c(OC([2H])([2H])[2H])c(OC)c([2H])c3C([2H])([2H])C([2H])([2H])N2C([2H])([2H])C1([2H])C([2H])([2H])C([2H])(C)C([2H])([2H])[2H].[2H]c1c(OC)c(OC([2H])([2H])[2H])c([2H])c2c1C([2H])([2H])C([2H])([2H])N1C([2H])([2H])C([2H])(C([2H])([2H])C([2H])(C)C([2H])([2H])[2H])C([2H])(O)C([2H])([2H])C21[2H].[2H]c1c(OC)c(OC([2H])([2H])[2H])c([2H])c2c1C([2H])([2H])C([2H])([2H])N1C([2H])([2H])C([2H])(C([2H])([2H])C([2H])(C)C([2H])([2H])[2H])C([2H])(O)C([2H])([2H])C21[2H].[2H]c1c(OC)c(OC([2H])([2H])[2H])c([2H])c2c1C([2H])([2H])C([2H])([2H])N1C([2H])([2H])C([2H])(CC(C)C)C([2H])(O)C([2H])([2H])C21[2H].[2H]c1c(OC)c(OC)c([2H])c2c1C([2H])([2H])C([2H])([2H])N1C([2H])([2H])C([2H])(C([2H])([2H])C([2H])(C)C([2H])([2H])[2H])C([2H])(O)C([2H])([2H])C21[2H].[2H]c1c(OC)c(OC)c([2H])c2c1C([2H])([2H])C([2H])([2H])N1C([2H])([2H])C([2H])(C([2H])([2H])C([2H])(C)C([2H])([2H])[2H])C([2H])(O)C([2H])([2H])C21[2H]. The molecule has 0 radical (unpaired) electrons. The van der Waals surface area contributed by atoms with E-state index in [0.29, 0.717) is 34.6 Å². The molecule has 18 rings (SSSR count). The Hall–Kier alpha value is -7.56. The minimum absolute atomic E-state index is 0.253. The van der Waals surface area contributed by atoms with Gasteiger partial charge in [-0.05, 0) is 325 Å². The molecule has 12 aliphatic heterocycles. The van der Waals surface area contributed by atoms with Gasteiger partial charge in [-0.1, -0.05) is 82.7 Å². The lowest BCUT2D eigenvalue weighted by Gasteiger charge is -2.46. The fourth-order valence-corrected chi connectivity index (χ4v) is 12.7. The maximum absolute atomic E-state index is 11.5. The van der Waals surface area contributed by atoms with Crippen LogP contribution in [0.15, 0.2) is 72.5 Å². The van der Waals surface area contributed by atoms with Gasteiger partial charge in [0.2, 0.25) is 1.43 Å². The van der Waals surface area contributed by atoms with E-state index in [1.807, 2.05) is 0 Å². The number of rotatable bonds is 25. The Morgan fingerprint density at radius 1 is 0.297 bits per heavy atom. The van der Waals surface area contributed by atoms with Gasteiger partial charge in [0.1, 0.15) is 0 Å². The van der Waals surface area contributed by atoms with Gasteiger partial charge in [-0.15, -0.1) is 0 Å². The quantitative estimate of drug-likeness (QED) is 0.0312. The predicted molar refractivity (Wildman–Crippen MR) is 547 cm³/mol. The van der Waals surface area contributed by atoms with Crippen molar-refractivity contribution >= 4 is 0 Å². The summed E-state index contributed by atoms with van der Waals surface area (Å²) in [6, 6.07) is -39.2. The number of piperidine rings is 6. The third-order valence-corrected chi connectivity index (χ3v) is 18.6. The van der Waals surface area contributed by atoms with Crippen LogP contribution in [0.2, 0.25) is 0 Å². The second-order valence-electron chi connectivity index (χ2n) is 28.7. The van der Waals surface area contributed by atoms with E-state index in [2.05, 4.69) is 5.11 Å². The number of benzene rings is 6. The van der Waals surface area contributed by atoms with Crippen molar-refractivity contribution in [3.8, 4) is 69.0 Å². The lowest BCUT2D eigenvalue weighted by molar-refractivity contribution is -0.0192. The molecule has 6 saturated heterocycles. The topological polar surface area (TPSA) is 252 Å². The molecule has 0 bridgehead atoms. The highest BCUT2D eigenvalue weighted by atomic mass is 16.5. The summed E-state index contributed by atoms with van der Waals surface area (Å²) in [6.45, 7) is -64.4. The highest BCUT2D eigenvalue weighted by Gasteiger charge is 2.47. The van der Waals surface area contributed by atoms with Crippen LogP contribution < -0.4 is 56.8 Å². The van der Waals surface area contributed by atoms with Gasteiger partial charge in [-0.25, -0.2) is 0 Å². The van der Waals surface area contributed by atoms with Crippen molar-refractivity contribution in [1.29, 1.82) is 1.43 Å². The van der Waals surface area contributed by atoms with Crippen molar-refractivity contribution in [3.63, 3.8) is 0 Å². The van der Waals surface area contributed by atoms with Crippen molar-refractivity contribution in [2.45, 2.75) is 270 Å². The first-order valence-corrected chi connectivity index (χ1v) is 39.5. The summed E-state index contributed by atoms with van der Waals surface area (Å²) in [4.78, 5) is -3.59. The Kier molecular flexibility index (Phi) is 11.2. The van der Waals surface area contributed by atoms with Crippen LogP contribution in [0.1, 0.15) is 427 Å². The van der Waals surface area contributed by atoms with E-state index >= 15 is 0 Å². The molecule has 6 fully saturated rings. The summed E-state index contributed by atoms with van der Waals surface area (Å²) in [5.41, 5.74) is -16.2. The number of fused-ring (bicyclic) bond motifs is 18. The molecule has 6 aromatic carbocycles. The van der Waals surface area contributed by atoms with Crippen molar-refractivity contribution in [1.82, 2.24) is 29.4 Å². The molecule has 24 heteroatoms. The van der Waals surface area contributed by atoms with Gasteiger partial charge in [-0.3, -0.25) is 29.4 Å². The first kappa shape index (κ1) is 31.5. The lowest BCUT2D eigenvalue weighted by atomic mass is 9.79. The van der Waals surface area contributed by atoms with E-state index < -0.39 is 631 Å². The van der Waals surface area contributed by atoms with Crippen LogP contribution in [-0.2, 0) is 38.2 Å². The molecular formula is C114H174N6O18. The Labute approximate surface area is 997 Å². The van der Waals surface area contributed by atoms with E-state index in [-0.39, 0.29) is 4.90 Å². The van der Waals surface area contributed by atoms with Crippen LogP contribution in [0.25, 0.3) is 0 Å². The molecule has 24 nitrogen and oxygen atoms in total. The number of hydrogen-bond donors (Lipinski definition) is 6. The maximum Gasteiger partial charge on any atom is 0.210 e. The summed E-state index contributed by atoms with van der Waals surface area (Å²) in [5.74, 6) is -56.3. The molecule has 12 aliphatic rings. The van der Waals surface area contributed by atoms with Gasteiger partial charge in [0.25, 0.3) is 0 Å². The average Bonchev–Trinajstić information content (AvgIpc) is 0.603. The monoisotopic (exact) mass is 2040 g/mol. The van der Waals surface area contributed by atoms with Crippen LogP contribution in [0, 0.1) is 70.8 Å². The summed E-state index contributed by atoms with van der Waals surface area (Å²) in [5, 5.41) is 61.5. The molecule has 6 N–H and O–H groups in total. The normalized spacial score (nSPS) is 62.1. The fourth-order valence-electron chi connectivity index (χ4n) is 12.7. The van der Waals surface area contributed by atoms with Crippen LogP contribution >= 0.6 is 0 Å². The van der Waals surface area contributed by atoms with Crippen molar-refractivity contribution in [2.75, 3.05) is 163 Å². The molecule has 12 heterocycles. The van der Waals surface area contributed by atoms with E-state index in [0.717, 1.165) is 56.9 Å². The smallest absolute Gasteiger partial charge is 0.210 e. The number of hydrogen-bond acceptors (Lipinski definition) is 24. The minimum Gasteiger partial charge on any atom is -0.493 e. The number of aliphatic hydroxyl groups is 6. The van der Waals surface area contributed by atoms with Crippen molar-refractivity contribution in [3.05, 3.63) is 139 Å². The van der Waals surface area contributed by atoms with E-state index in [4.69, 9.17) is 215 Å². The standard InChI is InChI=1S/6C19H29NO3/c6*1-12(2)7-14-11-20-6-5-13-8-18(22-3)19(23-4)9-15(13)16(20)10-17(14)21/h6*8-9,12,14,16-17,21H,5-7,10-11H2,1-4H3/i1D3,4D3,5D2,6D2,7D2,8D,9D,10D2,11D2,12D,14D,16D,17D,21D;2*1D3,4D3,5D2,6D2,7D2,8D,9D,10D2,11D2,12D,14D,16D,17D;2*1D3,5D2,6D2,7D2,8D,9D,10D2,11D2,12D,14D,16D,17D;4D3,5D2,6D2,8D,9D,10D2,11D2,14D,16D,17D. The van der Waals surface area contributed by atoms with Crippen LogP contribution in [-0.4, -0.2) is 261 Å². The predicted octanol–water partition coefficient (Wildman–Crippen LogP) is 18.2. The second-order valence-corrected chi connectivity index (χ2v) is 28.7. The van der Waals surface area contributed by atoms with Crippen molar-refractivity contribution in [2.24, 2.45) is 70.8 Å². The van der Waals surface area contributed by atoms with Gasteiger partial charge < -0.3 is 87.5 Å². The third-order valence-electron chi connectivity index (χ3n) is 18.6. The molecular weight excluding hydrogens is 1740 g/mol. The highest BCUT2D eigenvalue weighted by Crippen LogP contribution is 2.52. The van der Waals surface area contributed by atoms with Crippen LogP contribution in [0.5, 0.6) is 69.0 Å². The first-order valence-electron chi connectivity index (χ1n) is 100.0. The number of methoxy groups -OCH3 is 12. The largest absolute Gasteiger partial charge is 0.493 e. The third kappa shape index (κ3) is 25.4. The first-order chi connectivity index (χ1) is 113. The average molecular weight is 2040 g/mol. The van der Waals surface area contributed by atoms with E-state index in [9.17, 15) is 33.8 Å². The van der Waals surface area contributed by atoms with Gasteiger partial charge in [0, 0.05) is 229 Å². The van der Waals surface area contributed by atoms with Gasteiger partial charge >= 0.3 is 0 Å². The molecule has 0 aliphatic carbocycles. The fraction of sp³-hybridized carbons (Fsp3) is 0.684. The summed E-state index contributed by atoms with van der Waals surface area (Å²) < 4.78 is 1080.